The number of rotatable bonds is 7. The maximum atomic E-state index is 13.7. The predicted octanol–water partition coefficient (Wildman–Crippen LogP) is 4.15. The van der Waals surface area contributed by atoms with Crippen LogP contribution in [0.5, 0.6) is 23.0 Å². The monoisotopic (exact) mass is 528 g/mol. The van der Waals surface area contributed by atoms with Crippen molar-refractivity contribution in [2.24, 2.45) is 11.8 Å². The van der Waals surface area contributed by atoms with Crippen molar-refractivity contribution in [1.82, 2.24) is 4.90 Å². The maximum Gasteiger partial charge on any atom is 0.260 e. The summed E-state index contributed by atoms with van der Waals surface area (Å²) >= 11 is 0. The summed E-state index contributed by atoms with van der Waals surface area (Å²) in [6, 6.07) is 9.27. The molecule has 0 saturated carbocycles. The van der Waals surface area contributed by atoms with Crippen LogP contribution in [-0.2, 0) is 4.79 Å². The molecule has 0 N–H and O–H groups in total. The predicted molar refractivity (Wildman–Crippen MR) is 148 cm³/mol. The Morgan fingerprint density at radius 1 is 0.897 bits per heavy atom. The van der Waals surface area contributed by atoms with Crippen LogP contribution in [-0.4, -0.2) is 70.7 Å². The lowest BCUT2D eigenvalue weighted by Crippen LogP contribution is -2.50. The fraction of sp³-hybridized carbons (Fsp3) is 0.355. The van der Waals surface area contributed by atoms with Crippen molar-refractivity contribution in [1.29, 1.82) is 0 Å². The lowest BCUT2D eigenvalue weighted by Gasteiger charge is -2.36. The Bertz CT molecular complexity index is 1430. The van der Waals surface area contributed by atoms with E-state index in [4.69, 9.17) is 18.9 Å². The van der Waals surface area contributed by atoms with Gasteiger partial charge in [-0.2, -0.15) is 0 Å². The number of allylic oxidation sites excluding steroid dienone is 5. The third-order valence-corrected chi connectivity index (χ3v) is 8.26. The third kappa shape index (κ3) is 4.15. The fourth-order valence-corrected chi connectivity index (χ4v) is 6.25. The standard InChI is InChI=1S/C31H32N2O6/c1-18-23-14-22(37-3)16-26(30(23)31(35)29-20-6-5-19(13-20)28(18)29)39-17-27(34)33-11-9-32(10-12-33)24-8-7-21(36-2)15-25(24)38-4/h5-8,14-16,19-20H,1,9-13,17H2,2-4H3. The van der Waals surface area contributed by atoms with Gasteiger partial charge in [-0.05, 0) is 41.3 Å². The third-order valence-electron chi connectivity index (χ3n) is 8.26. The molecule has 39 heavy (non-hydrogen) atoms. The average Bonchev–Trinajstić information content (AvgIpc) is 3.60. The van der Waals surface area contributed by atoms with E-state index in [2.05, 4.69) is 23.6 Å². The number of ketones is 1. The summed E-state index contributed by atoms with van der Waals surface area (Å²) in [5, 5.41) is 0. The highest BCUT2D eigenvalue weighted by molar-refractivity contribution is 6.20. The van der Waals surface area contributed by atoms with Crippen molar-refractivity contribution in [3.8, 4) is 23.0 Å². The molecule has 1 saturated heterocycles. The van der Waals surface area contributed by atoms with Crippen molar-refractivity contribution in [2.45, 2.75) is 6.42 Å². The molecule has 0 aromatic heterocycles. The molecule has 1 amide bonds. The second kappa shape index (κ2) is 9.84. The Morgan fingerprint density at radius 3 is 2.28 bits per heavy atom. The second-order valence-electron chi connectivity index (χ2n) is 10.2. The number of nitrogens with zero attached hydrogens (tertiary/aromatic N) is 2. The van der Waals surface area contributed by atoms with Crippen LogP contribution in [0.3, 0.4) is 0 Å². The molecule has 3 aliphatic carbocycles. The average molecular weight is 529 g/mol. The first-order valence-corrected chi connectivity index (χ1v) is 13.2. The lowest BCUT2D eigenvalue weighted by atomic mass is 9.77. The van der Waals surface area contributed by atoms with Crippen LogP contribution in [0.2, 0.25) is 0 Å². The number of amides is 1. The highest BCUT2D eigenvalue weighted by Crippen LogP contribution is 2.54. The zero-order valence-corrected chi connectivity index (χ0v) is 22.5. The minimum Gasteiger partial charge on any atom is -0.497 e. The number of Topliss-reactive ketones (excluding diaryl/α,β-unsaturated/α-hetero) is 1. The number of hydrogen-bond acceptors (Lipinski definition) is 7. The molecule has 2 unspecified atom stereocenters. The lowest BCUT2D eigenvalue weighted by molar-refractivity contribution is -0.133. The summed E-state index contributed by atoms with van der Waals surface area (Å²) < 4.78 is 22.4. The SMILES string of the molecule is C=C1C2=C(C(=O)c3c(OCC(=O)N4CCN(c5ccc(OC)cc5OC)CC4)cc(OC)cc31)C1C=CC2C1. The van der Waals surface area contributed by atoms with Crippen LogP contribution in [0.4, 0.5) is 5.69 Å². The van der Waals surface area contributed by atoms with E-state index in [1.54, 1.807) is 32.3 Å². The minimum absolute atomic E-state index is 0.0311. The molecule has 202 valence electrons. The molecule has 1 heterocycles. The largest absolute Gasteiger partial charge is 0.497 e. The van der Waals surface area contributed by atoms with E-state index >= 15 is 0 Å². The summed E-state index contributed by atoms with van der Waals surface area (Å²) in [5.41, 5.74) is 4.88. The molecular weight excluding hydrogens is 496 g/mol. The van der Waals surface area contributed by atoms with Gasteiger partial charge in [0.1, 0.15) is 23.0 Å². The molecule has 6 rings (SSSR count). The Hall–Kier alpha value is -4.20. The molecule has 8 heteroatoms. The van der Waals surface area contributed by atoms with Crippen LogP contribution >= 0.6 is 0 Å². The molecule has 1 fully saturated rings. The van der Waals surface area contributed by atoms with Crippen LogP contribution in [0.15, 0.2) is 60.2 Å². The fourth-order valence-electron chi connectivity index (χ4n) is 6.25. The number of benzene rings is 2. The zero-order valence-electron chi connectivity index (χ0n) is 22.5. The number of ether oxygens (including phenoxy) is 4. The van der Waals surface area contributed by atoms with Gasteiger partial charge in [-0.15, -0.1) is 0 Å². The number of carbonyl (C=O) groups is 2. The number of carbonyl (C=O) groups excluding carboxylic acids is 2. The van der Waals surface area contributed by atoms with Gasteiger partial charge in [0.05, 0.1) is 32.6 Å². The van der Waals surface area contributed by atoms with Crippen LogP contribution in [0.25, 0.3) is 5.57 Å². The summed E-state index contributed by atoms with van der Waals surface area (Å²) in [4.78, 5) is 30.8. The van der Waals surface area contributed by atoms with Crippen LogP contribution in [0.1, 0.15) is 22.3 Å². The number of piperazine rings is 1. The quantitative estimate of drug-likeness (QED) is 0.500. The van der Waals surface area contributed by atoms with Crippen molar-refractivity contribution in [2.75, 3.05) is 59.0 Å². The van der Waals surface area contributed by atoms with E-state index in [0.29, 0.717) is 43.2 Å². The first-order chi connectivity index (χ1) is 18.9. The van der Waals surface area contributed by atoms with E-state index in [0.717, 1.165) is 45.9 Å². The van der Waals surface area contributed by atoms with E-state index in [-0.39, 0.29) is 30.1 Å². The van der Waals surface area contributed by atoms with Crippen LogP contribution < -0.4 is 23.8 Å². The smallest absolute Gasteiger partial charge is 0.260 e. The normalized spacial score (nSPS) is 21.2. The highest BCUT2D eigenvalue weighted by atomic mass is 16.5. The van der Waals surface area contributed by atoms with Gasteiger partial charge in [0.2, 0.25) is 0 Å². The van der Waals surface area contributed by atoms with E-state index in [1.807, 2.05) is 24.3 Å². The van der Waals surface area contributed by atoms with E-state index in [9.17, 15) is 9.59 Å². The Kier molecular flexibility index (Phi) is 6.33. The molecule has 2 bridgehead atoms. The molecule has 2 atom stereocenters. The molecular formula is C31H32N2O6. The van der Waals surface area contributed by atoms with E-state index < -0.39 is 0 Å². The highest BCUT2D eigenvalue weighted by Gasteiger charge is 2.44. The Balaban J connectivity index is 1.16. The molecule has 4 aliphatic rings. The van der Waals surface area contributed by atoms with Gasteiger partial charge in [-0.3, -0.25) is 9.59 Å². The van der Waals surface area contributed by atoms with Gasteiger partial charge in [-0.1, -0.05) is 18.7 Å². The Morgan fingerprint density at radius 2 is 1.59 bits per heavy atom. The van der Waals surface area contributed by atoms with Gasteiger partial charge < -0.3 is 28.7 Å². The van der Waals surface area contributed by atoms with Gasteiger partial charge in [0.25, 0.3) is 5.91 Å². The number of methoxy groups -OCH3 is 3. The summed E-state index contributed by atoms with van der Waals surface area (Å²) in [5.74, 6) is 2.60. The maximum absolute atomic E-state index is 13.7. The van der Waals surface area contributed by atoms with E-state index in [1.165, 1.54) is 0 Å². The molecule has 8 nitrogen and oxygen atoms in total. The number of anilines is 1. The zero-order chi connectivity index (χ0) is 27.3. The second-order valence-corrected chi connectivity index (χ2v) is 10.2. The van der Waals surface area contributed by atoms with Crippen molar-refractivity contribution < 1.29 is 28.5 Å². The van der Waals surface area contributed by atoms with Crippen molar-refractivity contribution in [3.05, 3.63) is 71.3 Å². The van der Waals surface area contributed by atoms with Gasteiger partial charge in [-0.25, -0.2) is 0 Å². The summed E-state index contributed by atoms with van der Waals surface area (Å²) in [6.45, 7) is 6.60. The Labute approximate surface area is 228 Å². The van der Waals surface area contributed by atoms with Crippen molar-refractivity contribution >= 4 is 23.0 Å². The molecule has 2 aromatic rings. The topological polar surface area (TPSA) is 77.5 Å². The number of hydrogen-bond donors (Lipinski definition) is 0. The van der Waals surface area contributed by atoms with Gasteiger partial charge in [0, 0.05) is 55.7 Å². The van der Waals surface area contributed by atoms with Gasteiger partial charge in [0.15, 0.2) is 12.4 Å². The van der Waals surface area contributed by atoms with Gasteiger partial charge >= 0.3 is 0 Å². The minimum atomic E-state index is -0.164. The first-order valence-electron chi connectivity index (χ1n) is 13.2. The van der Waals surface area contributed by atoms with Crippen LogP contribution in [0, 0.1) is 11.8 Å². The molecule has 0 radical (unpaired) electrons. The first kappa shape index (κ1) is 25.1. The summed E-state index contributed by atoms with van der Waals surface area (Å²) in [6.07, 6.45) is 5.21. The van der Waals surface area contributed by atoms with Crippen molar-refractivity contribution in [3.63, 3.8) is 0 Å². The molecule has 2 aromatic carbocycles. The molecule has 0 spiro atoms. The number of fused-ring (bicyclic) bond motifs is 5. The summed E-state index contributed by atoms with van der Waals surface area (Å²) in [7, 11) is 4.84. The molecule has 1 aliphatic heterocycles.